The Kier molecular flexibility index (Phi) is 2.83. The molecule has 1 aromatic heterocycles. The van der Waals surface area contributed by atoms with Crippen LogP contribution in [0, 0.1) is 0 Å². The number of aldehydes is 1. The summed E-state index contributed by atoms with van der Waals surface area (Å²) in [5.74, 6) is 0.147. The van der Waals surface area contributed by atoms with Crippen molar-refractivity contribution in [3.8, 4) is 17.1 Å². The van der Waals surface area contributed by atoms with Crippen molar-refractivity contribution < 1.29 is 9.90 Å². The monoisotopic (exact) mass is 234 g/mol. The number of hydrogen-bond donors (Lipinski definition) is 1. The maximum absolute atomic E-state index is 10.7. The van der Waals surface area contributed by atoms with E-state index in [0.29, 0.717) is 17.7 Å². The van der Waals surface area contributed by atoms with Crippen molar-refractivity contribution in [1.82, 2.24) is 9.97 Å². The number of phenols is 1. The summed E-state index contributed by atoms with van der Waals surface area (Å²) in [4.78, 5) is 18.7. The smallest absolute Gasteiger partial charge is 0.162 e. The van der Waals surface area contributed by atoms with Gasteiger partial charge in [-0.25, -0.2) is 9.97 Å². The Balaban J connectivity index is 2.64. The molecule has 0 atom stereocenters. The van der Waals surface area contributed by atoms with E-state index in [9.17, 15) is 9.90 Å². The minimum Gasteiger partial charge on any atom is -0.506 e. The van der Waals surface area contributed by atoms with Gasteiger partial charge in [0.2, 0.25) is 0 Å². The zero-order valence-corrected chi connectivity index (χ0v) is 8.85. The first kappa shape index (κ1) is 10.6. The topological polar surface area (TPSA) is 63.1 Å². The quantitative estimate of drug-likeness (QED) is 0.810. The molecule has 0 unspecified atom stereocenters. The lowest BCUT2D eigenvalue weighted by Gasteiger charge is -2.06. The van der Waals surface area contributed by atoms with Crippen LogP contribution in [0.4, 0.5) is 0 Å². The van der Waals surface area contributed by atoms with Gasteiger partial charge in [-0.15, -0.1) is 0 Å². The summed E-state index contributed by atoms with van der Waals surface area (Å²) in [5.41, 5.74) is 0.429. The molecule has 1 heterocycles. The van der Waals surface area contributed by atoms with Gasteiger partial charge in [-0.2, -0.15) is 0 Å². The van der Waals surface area contributed by atoms with Crippen molar-refractivity contribution in [3.05, 3.63) is 41.2 Å². The van der Waals surface area contributed by atoms with Crippen LogP contribution in [0.1, 0.15) is 10.4 Å². The molecule has 0 amide bonds. The van der Waals surface area contributed by atoms with Crippen LogP contribution in [0.25, 0.3) is 11.4 Å². The maximum Gasteiger partial charge on any atom is 0.162 e. The van der Waals surface area contributed by atoms with Gasteiger partial charge >= 0.3 is 0 Å². The van der Waals surface area contributed by atoms with Crippen molar-refractivity contribution in [3.63, 3.8) is 0 Å². The number of aromatic nitrogens is 2. The van der Waals surface area contributed by atoms with Gasteiger partial charge in [0, 0.05) is 12.4 Å². The third-order valence-corrected chi connectivity index (χ3v) is 2.42. The van der Waals surface area contributed by atoms with Gasteiger partial charge in [0.15, 0.2) is 12.1 Å². The molecule has 4 nitrogen and oxygen atoms in total. The SMILES string of the molecule is O=Cc1c(Cl)ccc(-c2ncccn2)c1O. The number of benzene rings is 1. The third-order valence-electron chi connectivity index (χ3n) is 2.09. The van der Waals surface area contributed by atoms with Crippen molar-refractivity contribution in [2.24, 2.45) is 0 Å². The van der Waals surface area contributed by atoms with Crippen LogP contribution in [0.15, 0.2) is 30.6 Å². The number of rotatable bonds is 2. The summed E-state index contributed by atoms with van der Waals surface area (Å²) in [7, 11) is 0. The highest BCUT2D eigenvalue weighted by molar-refractivity contribution is 6.33. The standard InChI is InChI=1S/C11H7ClN2O2/c12-9-3-2-7(10(16)8(9)6-15)11-13-4-1-5-14-11/h1-6,16H. The molecule has 0 aliphatic carbocycles. The molecule has 1 aromatic carbocycles. The lowest BCUT2D eigenvalue weighted by Crippen LogP contribution is -1.91. The second kappa shape index (κ2) is 4.28. The highest BCUT2D eigenvalue weighted by Gasteiger charge is 2.13. The third kappa shape index (κ3) is 1.75. The van der Waals surface area contributed by atoms with Crippen molar-refractivity contribution in [2.45, 2.75) is 0 Å². The van der Waals surface area contributed by atoms with Crippen LogP contribution in [-0.2, 0) is 0 Å². The van der Waals surface area contributed by atoms with Crippen LogP contribution in [-0.4, -0.2) is 21.4 Å². The number of nitrogens with zero attached hydrogens (tertiary/aromatic N) is 2. The molecular weight excluding hydrogens is 228 g/mol. The van der Waals surface area contributed by atoms with E-state index in [4.69, 9.17) is 11.6 Å². The summed E-state index contributed by atoms with van der Waals surface area (Å²) in [6.07, 6.45) is 3.61. The Hall–Kier alpha value is -1.94. The van der Waals surface area contributed by atoms with Crippen LogP contribution in [0.3, 0.4) is 0 Å². The number of hydrogen-bond acceptors (Lipinski definition) is 4. The Labute approximate surface area is 96.6 Å². The zero-order chi connectivity index (χ0) is 11.5. The van der Waals surface area contributed by atoms with E-state index in [2.05, 4.69) is 9.97 Å². The van der Waals surface area contributed by atoms with E-state index >= 15 is 0 Å². The first-order valence-electron chi connectivity index (χ1n) is 4.48. The molecule has 0 saturated heterocycles. The molecule has 0 fully saturated rings. The molecule has 0 spiro atoms. The molecule has 2 aromatic rings. The highest BCUT2D eigenvalue weighted by Crippen LogP contribution is 2.33. The lowest BCUT2D eigenvalue weighted by molar-refractivity contribution is 0.112. The van der Waals surface area contributed by atoms with Gasteiger partial charge in [-0.05, 0) is 18.2 Å². The minimum absolute atomic E-state index is 0.0478. The number of carbonyl (C=O) groups excluding carboxylic acids is 1. The van der Waals surface area contributed by atoms with E-state index in [-0.39, 0.29) is 16.3 Å². The molecular formula is C11H7ClN2O2. The molecule has 16 heavy (non-hydrogen) atoms. The highest BCUT2D eigenvalue weighted by atomic mass is 35.5. The summed E-state index contributed by atoms with van der Waals surface area (Å²) in [6.45, 7) is 0. The van der Waals surface area contributed by atoms with Gasteiger partial charge in [0.05, 0.1) is 16.1 Å². The molecule has 0 aliphatic heterocycles. The number of halogens is 1. The molecule has 5 heteroatoms. The summed E-state index contributed by atoms with van der Waals surface area (Å²) in [5, 5.41) is 10.0. The van der Waals surface area contributed by atoms with Crippen molar-refractivity contribution in [2.75, 3.05) is 0 Å². The van der Waals surface area contributed by atoms with Crippen LogP contribution >= 0.6 is 11.6 Å². The van der Waals surface area contributed by atoms with Crippen LogP contribution in [0.2, 0.25) is 5.02 Å². The van der Waals surface area contributed by atoms with Gasteiger partial charge in [0.1, 0.15) is 5.75 Å². The summed E-state index contributed by atoms with van der Waals surface area (Å²) >= 11 is 5.76. The summed E-state index contributed by atoms with van der Waals surface area (Å²) in [6, 6.07) is 4.76. The minimum atomic E-state index is -0.200. The first-order chi connectivity index (χ1) is 7.74. The molecule has 0 aliphatic rings. The Morgan fingerprint density at radius 2 is 1.94 bits per heavy atom. The predicted octanol–water partition coefficient (Wildman–Crippen LogP) is 2.32. The fourth-order valence-electron chi connectivity index (χ4n) is 1.31. The van der Waals surface area contributed by atoms with Crippen molar-refractivity contribution >= 4 is 17.9 Å². The largest absolute Gasteiger partial charge is 0.506 e. The van der Waals surface area contributed by atoms with E-state index in [1.165, 1.54) is 6.07 Å². The predicted molar refractivity (Wildman–Crippen MR) is 59.5 cm³/mol. The maximum atomic E-state index is 10.7. The second-order valence-corrected chi connectivity index (χ2v) is 3.45. The average molecular weight is 235 g/mol. The molecule has 2 rings (SSSR count). The fraction of sp³-hybridized carbons (Fsp3) is 0. The normalized spacial score (nSPS) is 10.1. The Morgan fingerprint density at radius 3 is 2.56 bits per heavy atom. The molecule has 0 saturated carbocycles. The van der Waals surface area contributed by atoms with Gasteiger partial charge in [0.25, 0.3) is 0 Å². The van der Waals surface area contributed by atoms with E-state index in [1.807, 2.05) is 0 Å². The number of carbonyl (C=O) groups is 1. The first-order valence-corrected chi connectivity index (χ1v) is 4.86. The number of aromatic hydroxyl groups is 1. The van der Waals surface area contributed by atoms with E-state index < -0.39 is 0 Å². The van der Waals surface area contributed by atoms with E-state index in [1.54, 1.807) is 24.5 Å². The second-order valence-electron chi connectivity index (χ2n) is 3.05. The molecule has 0 radical (unpaired) electrons. The molecule has 1 N–H and O–H groups in total. The Bertz CT molecular complexity index is 529. The fourth-order valence-corrected chi connectivity index (χ4v) is 1.51. The molecule has 0 bridgehead atoms. The van der Waals surface area contributed by atoms with Gasteiger partial charge in [-0.3, -0.25) is 4.79 Å². The molecule has 80 valence electrons. The number of phenolic OH excluding ortho intramolecular Hbond substituents is 1. The van der Waals surface area contributed by atoms with Gasteiger partial charge in [-0.1, -0.05) is 11.6 Å². The van der Waals surface area contributed by atoms with E-state index in [0.717, 1.165) is 0 Å². The lowest BCUT2D eigenvalue weighted by atomic mass is 10.1. The Morgan fingerprint density at radius 1 is 1.25 bits per heavy atom. The summed E-state index contributed by atoms with van der Waals surface area (Å²) < 4.78 is 0. The van der Waals surface area contributed by atoms with Crippen LogP contribution in [0.5, 0.6) is 5.75 Å². The zero-order valence-electron chi connectivity index (χ0n) is 8.09. The van der Waals surface area contributed by atoms with Crippen LogP contribution < -0.4 is 0 Å². The van der Waals surface area contributed by atoms with Crippen molar-refractivity contribution in [1.29, 1.82) is 0 Å². The average Bonchev–Trinajstić information content (AvgIpc) is 2.31. The van der Waals surface area contributed by atoms with Gasteiger partial charge < -0.3 is 5.11 Å².